The van der Waals surface area contributed by atoms with E-state index < -0.39 is 0 Å². The van der Waals surface area contributed by atoms with Crippen LogP contribution in [0.1, 0.15) is 21.5 Å². The third kappa shape index (κ3) is 4.42. The standard InChI is InChI=1S/C19H17BrN4O/c1-12-4-3-5-15(8-12)23-18(25)14-10-21-19(22-11-14)24-16-7-6-13(2)17(20)9-16/h3-11H,1-2H3,(H,23,25)(H,21,22,24). The van der Waals surface area contributed by atoms with Crippen LogP contribution in [0.3, 0.4) is 0 Å². The molecule has 0 spiro atoms. The van der Waals surface area contributed by atoms with Gasteiger partial charge in [-0.15, -0.1) is 0 Å². The van der Waals surface area contributed by atoms with E-state index in [1.54, 1.807) is 0 Å². The van der Waals surface area contributed by atoms with Crippen molar-refractivity contribution in [1.82, 2.24) is 9.97 Å². The predicted octanol–water partition coefficient (Wildman–Crippen LogP) is 4.85. The number of hydrogen-bond acceptors (Lipinski definition) is 4. The highest BCUT2D eigenvalue weighted by atomic mass is 79.9. The van der Waals surface area contributed by atoms with Crippen LogP contribution in [0, 0.1) is 13.8 Å². The summed E-state index contributed by atoms with van der Waals surface area (Å²) in [5.74, 6) is 0.193. The first-order chi connectivity index (χ1) is 12.0. The summed E-state index contributed by atoms with van der Waals surface area (Å²) >= 11 is 3.49. The summed E-state index contributed by atoms with van der Waals surface area (Å²) in [6.45, 7) is 3.99. The fourth-order valence-electron chi connectivity index (χ4n) is 2.24. The van der Waals surface area contributed by atoms with E-state index >= 15 is 0 Å². The highest BCUT2D eigenvalue weighted by Crippen LogP contribution is 2.22. The minimum atomic E-state index is -0.241. The monoisotopic (exact) mass is 396 g/mol. The highest BCUT2D eigenvalue weighted by molar-refractivity contribution is 9.10. The largest absolute Gasteiger partial charge is 0.324 e. The van der Waals surface area contributed by atoms with Crippen LogP contribution in [-0.4, -0.2) is 15.9 Å². The number of amides is 1. The van der Waals surface area contributed by atoms with Crippen molar-refractivity contribution in [2.75, 3.05) is 10.6 Å². The molecule has 0 bridgehead atoms. The average molecular weight is 397 g/mol. The zero-order valence-electron chi connectivity index (χ0n) is 13.9. The zero-order valence-corrected chi connectivity index (χ0v) is 15.5. The number of hydrogen-bond donors (Lipinski definition) is 2. The molecule has 0 fully saturated rings. The van der Waals surface area contributed by atoms with E-state index in [0.717, 1.165) is 27.0 Å². The van der Waals surface area contributed by atoms with E-state index in [4.69, 9.17) is 0 Å². The topological polar surface area (TPSA) is 66.9 Å². The van der Waals surface area contributed by atoms with E-state index in [1.165, 1.54) is 12.4 Å². The molecule has 2 N–H and O–H groups in total. The van der Waals surface area contributed by atoms with Gasteiger partial charge >= 0.3 is 0 Å². The molecule has 3 aromatic rings. The lowest BCUT2D eigenvalue weighted by Crippen LogP contribution is -2.13. The van der Waals surface area contributed by atoms with E-state index in [-0.39, 0.29) is 5.91 Å². The molecule has 3 rings (SSSR count). The Bertz CT molecular complexity index is 910. The van der Waals surface area contributed by atoms with Gasteiger partial charge in [-0.2, -0.15) is 0 Å². The second-order valence-corrected chi connectivity index (χ2v) is 6.56. The maximum atomic E-state index is 12.3. The molecule has 5 nitrogen and oxygen atoms in total. The molecule has 1 heterocycles. The molecule has 0 aliphatic rings. The van der Waals surface area contributed by atoms with Gasteiger partial charge in [-0.25, -0.2) is 9.97 Å². The Balaban J connectivity index is 1.69. The number of carbonyl (C=O) groups is 1. The maximum absolute atomic E-state index is 12.3. The Hall–Kier alpha value is -2.73. The highest BCUT2D eigenvalue weighted by Gasteiger charge is 2.08. The first-order valence-corrected chi connectivity index (χ1v) is 8.54. The van der Waals surface area contributed by atoms with Crippen LogP contribution in [0.15, 0.2) is 59.3 Å². The molecule has 25 heavy (non-hydrogen) atoms. The van der Waals surface area contributed by atoms with Crippen LogP contribution in [0.5, 0.6) is 0 Å². The SMILES string of the molecule is Cc1cccc(NC(=O)c2cnc(Nc3ccc(C)c(Br)c3)nc2)c1. The van der Waals surface area contributed by atoms with Crippen molar-refractivity contribution >= 4 is 39.2 Å². The van der Waals surface area contributed by atoms with E-state index in [0.29, 0.717) is 11.5 Å². The first kappa shape index (κ1) is 17.1. The Morgan fingerprint density at radius 3 is 2.44 bits per heavy atom. The average Bonchev–Trinajstić information content (AvgIpc) is 2.59. The first-order valence-electron chi connectivity index (χ1n) is 7.74. The number of benzene rings is 2. The van der Waals surface area contributed by atoms with Gasteiger partial charge in [0.15, 0.2) is 0 Å². The molecular weight excluding hydrogens is 380 g/mol. The van der Waals surface area contributed by atoms with Gasteiger partial charge in [0.2, 0.25) is 5.95 Å². The van der Waals surface area contributed by atoms with Gasteiger partial charge in [-0.05, 0) is 49.2 Å². The summed E-state index contributed by atoms with van der Waals surface area (Å²) in [7, 11) is 0. The van der Waals surface area contributed by atoms with Gasteiger partial charge in [-0.1, -0.05) is 34.1 Å². The van der Waals surface area contributed by atoms with Crippen molar-refractivity contribution < 1.29 is 4.79 Å². The van der Waals surface area contributed by atoms with Crippen molar-refractivity contribution in [1.29, 1.82) is 0 Å². The van der Waals surface area contributed by atoms with Gasteiger partial charge in [-0.3, -0.25) is 4.79 Å². The summed E-state index contributed by atoms with van der Waals surface area (Å²) in [4.78, 5) is 20.7. The minimum Gasteiger partial charge on any atom is -0.324 e. The molecule has 0 aliphatic carbocycles. The smallest absolute Gasteiger partial charge is 0.258 e. The molecule has 0 saturated heterocycles. The molecule has 0 atom stereocenters. The van der Waals surface area contributed by atoms with Gasteiger partial charge in [0.1, 0.15) is 0 Å². The second kappa shape index (κ2) is 7.44. The van der Waals surface area contributed by atoms with Crippen LogP contribution in [0.25, 0.3) is 0 Å². The summed E-state index contributed by atoms with van der Waals surface area (Å²) in [5, 5.41) is 5.95. The Labute approximate surface area is 154 Å². The number of carbonyl (C=O) groups excluding carboxylic acids is 1. The predicted molar refractivity (Wildman–Crippen MR) is 103 cm³/mol. The number of anilines is 3. The third-order valence-corrected chi connectivity index (χ3v) is 4.47. The number of nitrogens with one attached hydrogen (secondary N) is 2. The lowest BCUT2D eigenvalue weighted by atomic mass is 10.2. The van der Waals surface area contributed by atoms with E-state index in [2.05, 4.69) is 36.5 Å². The summed E-state index contributed by atoms with van der Waals surface area (Å²) in [5.41, 5.74) is 4.25. The number of rotatable bonds is 4. The van der Waals surface area contributed by atoms with Crippen molar-refractivity contribution in [2.24, 2.45) is 0 Å². The van der Waals surface area contributed by atoms with Crippen LogP contribution in [0.2, 0.25) is 0 Å². The van der Waals surface area contributed by atoms with Crippen molar-refractivity contribution in [3.05, 3.63) is 76.0 Å². The summed E-state index contributed by atoms with van der Waals surface area (Å²) in [6.07, 6.45) is 3.01. The van der Waals surface area contributed by atoms with E-state index in [9.17, 15) is 4.79 Å². The number of nitrogens with zero attached hydrogens (tertiary/aromatic N) is 2. The van der Waals surface area contributed by atoms with Crippen LogP contribution >= 0.6 is 15.9 Å². The fourth-order valence-corrected chi connectivity index (χ4v) is 2.61. The molecule has 0 unspecified atom stereocenters. The Morgan fingerprint density at radius 1 is 1.00 bits per heavy atom. The van der Waals surface area contributed by atoms with Gasteiger partial charge < -0.3 is 10.6 Å². The van der Waals surface area contributed by atoms with Crippen LogP contribution in [-0.2, 0) is 0 Å². The quantitative estimate of drug-likeness (QED) is 0.661. The van der Waals surface area contributed by atoms with Gasteiger partial charge in [0.25, 0.3) is 5.91 Å². The van der Waals surface area contributed by atoms with E-state index in [1.807, 2.05) is 56.3 Å². The molecule has 0 saturated carbocycles. The molecule has 126 valence electrons. The van der Waals surface area contributed by atoms with Crippen molar-refractivity contribution in [3.63, 3.8) is 0 Å². The normalized spacial score (nSPS) is 10.4. The Kier molecular flexibility index (Phi) is 5.09. The minimum absolute atomic E-state index is 0.241. The number of aromatic nitrogens is 2. The molecule has 0 aliphatic heterocycles. The molecule has 0 radical (unpaired) electrons. The Morgan fingerprint density at radius 2 is 1.76 bits per heavy atom. The molecular formula is C19H17BrN4O. The van der Waals surface area contributed by atoms with Gasteiger partial charge in [0, 0.05) is 28.2 Å². The van der Waals surface area contributed by atoms with Crippen LogP contribution in [0.4, 0.5) is 17.3 Å². The van der Waals surface area contributed by atoms with Crippen molar-refractivity contribution in [3.8, 4) is 0 Å². The molecule has 2 aromatic carbocycles. The maximum Gasteiger partial charge on any atom is 0.258 e. The second-order valence-electron chi connectivity index (χ2n) is 5.71. The van der Waals surface area contributed by atoms with Gasteiger partial charge in [0.05, 0.1) is 5.56 Å². The molecule has 1 aromatic heterocycles. The number of aryl methyl sites for hydroxylation is 2. The third-order valence-electron chi connectivity index (χ3n) is 3.62. The number of halogens is 1. The summed E-state index contributed by atoms with van der Waals surface area (Å²) in [6, 6.07) is 13.5. The van der Waals surface area contributed by atoms with Crippen molar-refractivity contribution in [2.45, 2.75) is 13.8 Å². The van der Waals surface area contributed by atoms with Crippen LogP contribution < -0.4 is 10.6 Å². The summed E-state index contributed by atoms with van der Waals surface area (Å²) < 4.78 is 1.01. The molecule has 6 heteroatoms. The fraction of sp³-hybridized carbons (Fsp3) is 0.105. The molecule has 1 amide bonds. The lowest BCUT2D eigenvalue weighted by Gasteiger charge is -2.08. The zero-order chi connectivity index (χ0) is 17.8. The lowest BCUT2D eigenvalue weighted by molar-refractivity contribution is 0.102.